The first-order valence-corrected chi connectivity index (χ1v) is 7.12. The van der Waals surface area contributed by atoms with E-state index >= 15 is 0 Å². The van der Waals surface area contributed by atoms with Crippen molar-refractivity contribution in [3.63, 3.8) is 0 Å². The number of benzene rings is 2. The SMILES string of the molecule is COc1ccc(/C=C\C(=O)OC/C=C/c2ccccc2)cc1O. The second-order valence-corrected chi connectivity index (χ2v) is 4.71. The maximum absolute atomic E-state index is 11.6. The lowest BCUT2D eigenvalue weighted by atomic mass is 10.2. The fraction of sp³-hybridized carbons (Fsp3) is 0.105. The summed E-state index contributed by atoms with van der Waals surface area (Å²) in [5.41, 5.74) is 1.73. The van der Waals surface area contributed by atoms with Crippen molar-refractivity contribution in [3.8, 4) is 11.5 Å². The van der Waals surface area contributed by atoms with Crippen LogP contribution in [0.25, 0.3) is 12.2 Å². The number of aromatic hydroxyl groups is 1. The minimum absolute atomic E-state index is 0.0220. The predicted octanol–water partition coefficient (Wildman–Crippen LogP) is 3.67. The van der Waals surface area contributed by atoms with Crippen LogP contribution in [0.4, 0.5) is 0 Å². The normalized spacial score (nSPS) is 11.0. The number of hydrogen-bond donors (Lipinski definition) is 1. The second kappa shape index (κ2) is 8.44. The molecule has 2 aromatic carbocycles. The number of phenols is 1. The number of ether oxygens (including phenoxy) is 2. The summed E-state index contributed by atoms with van der Waals surface area (Å²) in [6.45, 7) is 0.200. The monoisotopic (exact) mass is 310 g/mol. The summed E-state index contributed by atoms with van der Waals surface area (Å²) in [5.74, 6) is -0.0393. The highest BCUT2D eigenvalue weighted by atomic mass is 16.5. The number of hydrogen-bond acceptors (Lipinski definition) is 4. The Balaban J connectivity index is 1.82. The second-order valence-electron chi connectivity index (χ2n) is 4.71. The van der Waals surface area contributed by atoms with E-state index in [2.05, 4.69) is 0 Å². The Morgan fingerprint density at radius 1 is 1.09 bits per heavy atom. The van der Waals surface area contributed by atoms with Crippen molar-refractivity contribution >= 4 is 18.1 Å². The summed E-state index contributed by atoms with van der Waals surface area (Å²) in [6.07, 6.45) is 6.55. The minimum atomic E-state index is -0.446. The highest BCUT2D eigenvalue weighted by Gasteiger charge is 2.01. The van der Waals surface area contributed by atoms with E-state index in [1.165, 1.54) is 19.3 Å². The van der Waals surface area contributed by atoms with Gasteiger partial charge in [-0.3, -0.25) is 0 Å². The number of rotatable bonds is 6. The van der Waals surface area contributed by atoms with Gasteiger partial charge in [-0.1, -0.05) is 42.5 Å². The van der Waals surface area contributed by atoms with Gasteiger partial charge >= 0.3 is 5.97 Å². The van der Waals surface area contributed by atoms with Crippen LogP contribution in [0.5, 0.6) is 11.5 Å². The number of phenolic OH excluding ortho intramolecular Hbond substituents is 1. The Kier molecular flexibility index (Phi) is 6.00. The van der Waals surface area contributed by atoms with Crippen LogP contribution in [-0.2, 0) is 9.53 Å². The Morgan fingerprint density at radius 3 is 2.57 bits per heavy atom. The first-order chi connectivity index (χ1) is 11.2. The molecule has 2 aromatic rings. The Hall–Kier alpha value is -3.01. The molecule has 23 heavy (non-hydrogen) atoms. The molecule has 0 saturated carbocycles. The molecule has 4 nitrogen and oxygen atoms in total. The molecule has 0 heterocycles. The fourth-order valence-electron chi connectivity index (χ4n) is 1.90. The van der Waals surface area contributed by atoms with E-state index in [-0.39, 0.29) is 12.4 Å². The van der Waals surface area contributed by atoms with Crippen molar-refractivity contribution in [3.05, 3.63) is 71.8 Å². The van der Waals surface area contributed by atoms with Crippen molar-refractivity contribution in [2.75, 3.05) is 13.7 Å². The summed E-state index contributed by atoms with van der Waals surface area (Å²) in [7, 11) is 1.48. The summed E-state index contributed by atoms with van der Waals surface area (Å²) in [4.78, 5) is 11.6. The van der Waals surface area contributed by atoms with Crippen LogP contribution in [0.1, 0.15) is 11.1 Å². The average Bonchev–Trinajstić information content (AvgIpc) is 2.58. The van der Waals surface area contributed by atoms with Gasteiger partial charge in [-0.05, 0) is 35.4 Å². The molecule has 0 spiro atoms. The van der Waals surface area contributed by atoms with Crippen LogP contribution in [0.3, 0.4) is 0 Å². The fourth-order valence-corrected chi connectivity index (χ4v) is 1.90. The molecule has 0 atom stereocenters. The van der Waals surface area contributed by atoms with E-state index < -0.39 is 5.97 Å². The highest BCUT2D eigenvalue weighted by Crippen LogP contribution is 2.26. The van der Waals surface area contributed by atoms with Gasteiger partial charge in [0, 0.05) is 6.08 Å². The summed E-state index contributed by atoms with van der Waals surface area (Å²) >= 11 is 0. The third kappa shape index (κ3) is 5.36. The van der Waals surface area contributed by atoms with Crippen molar-refractivity contribution in [1.82, 2.24) is 0 Å². The molecule has 0 aliphatic rings. The van der Waals surface area contributed by atoms with E-state index in [4.69, 9.17) is 9.47 Å². The van der Waals surface area contributed by atoms with Gasteiger partial charge in [-0.2, -0.15) is 0 Å². The molecule has 0 saturated heterocycles. The molecule has 2 rings (SSSR count). The van der Waals surface area contributed by atoms with Crippen LogP contribution < -0.4 is 4.74 Å². The largest absolute Gasteiger partial charge is 0.504 e. The Labute approximate surface area is 135 Å². The van der Waals surface area contributed by atoms with Crippen LogP contribution in [-0.4, -0.2) is 24.8 Å². The molecule has 0 unspecified atom stereocenters. The average molecular weight is 310 g/mol. The van der Waals surface area contributed by atoms with E-state index in [0.29, 0.717) is 11.3 Å². The number of carbonyl (C=O) groups excluding carboxylic acids is 1. The molecular weight excluding hydrogens is 292 g/mol. The van der Waals surface area contributed by atoms with Crippen LogP contribution in [0, 0.1) is 0 Å². The summed E-state index contributed by atoms with van der Waals surface area (Å²) in [6, 6.07) is 14.6. The number of carbonyl (C=O) groups is 1. The molecule has 0 bridgehead atoms. The van der Waals surface area contributed by atoms with Crippen molar-refractivity contribution in [1.29, 1.82) is 0 Å². The van der Waals surface area contributed by atoms with Crippen molar-refractivity contribution in [2.45, 2.75) is 0 Å². The van der Waals surface area contributed by atoms with Gasteiger partial charge in [0.05, 0.1) is 7.11 Å². The maximum atomic E-state index is 11.6. The van der Waals surface area contributed by atoms with Crippen molar-refractivity contribution < 1.29 is 19.4 Å². The van der Waals surface area contributed by atoms with E-state index in [9.17, 15) is 9.90 Å². The van der Waals surface area contributed by atoms with E-state index in [1.54, 1.807) is 24.3 Å². The Bertz CT molecular complexity index is 703. The molecule has 0 aromatic heterocycles. The quantitative estimate of drug-likeness (QED) is 0.653. The van der Waals surface area contributed by atoms with Gasteiger partial charge in [-0.15, -0.1) is 0 Å². The van der Waals surface area contributed by atoms with Crippen molar-refractivity contribution in [2.24, 2.45) is 0 Å². The highest BCUT2D eigenvalue weighted by molar-refractivity contribution is 5.87. The molecule has 0 fully saturated rings. The van der Waals surface area contributed by atoms with Gasteiger partial charge in [0.1, 0.15) is 6.61 Å². The topological polar surface area (TPSA) is 55.8 Å². The van der Waals surface area contributed by atoms with Crippen LogP contribution in [0.2, 0.25) is 0 Å². The predicted molar refractivity (Wildman–Crippen MR) is 90.1 cm³/mol. The lowest BCUT2D eigenvalue weighted by Gasteiger charge is -2.03. The smallest absolute Gasteiger partial charge is 0.331 e. The lowest BCUT2D eigenvalue weighted by Crippen LogP contribution is -1.99. The van der Waals surface area contributed by atoms with E-state index in [1.807, 2.05) is 36.4 Å². The van der Waals surface area contributed by atoms with Gasteiger partial charge in [0.25, 0.3) is 0 Å². The molecule has 118 valence electrons. The molecule has 0 radical (unpaired) electrons. The first kappa shape index (κ1) is 16.4. The van der Waals surface area contributed by atoms with Gasteiger partial charge in [0.2, 0.25) is 0 Å². The molecule has 0 aliphatic carbocycles. The van der Waals surface area contributed by atoms with Crippen LogP contribution in [0.15, 0.2) is 60.7 Å². The minimum Gasteiger partial charge on any atom is -0.504 e. The van der Waals surface area contributed by atoms with E-state index in [0.717, 1.165) is 5.56 Å². The lowest BCUT2D eigenvalue weighted by molar-refractivity contribution is -0.136. The Morgan fingerprint density at radius 2 is 1.87 bits per heavy atom. The van der Waals surface area contributed by atoms with Gasteiger partial charge in [-0.25, -0.2) is 4.79 Å². The first-order valence-electron chi connectivity index (χ1n) is 7.12. The molecule has 4 heteroatoms. The third-order valence-electron chi connectivity index (χ3n) is 3.05. The zero-order valence-electron chi connectivity index (χ0n) is 12.8. The third-order valence-corrected chi connectivity index (χ3v) is 3.05. The van der Waals surface area contributed by atoms with Gasteiger partial charge < -0.3 is 14.6 Å². The maximum Gasteiger partial charge on any atom is 0.331 e. The number of methoxy groups -OCH3 is 1. The molecule has 0 amide bonds. The molecule has 1 N–H and O–H groups in total. The summed E-state index contributed by atoms with van der Waals surface area (Å²) in [5, 5.41) is 9.65. The standard InChI is InChI=1S/C19H18O4/c1-22-18-11-9-16(14-17(18)20)10-12-19(21)23-13-5-8-15-6-3-2-4-7-15/h2-12,14,20H,13H2,1H3/b8-5+,12-10-. The molecule has 0 aliphatic heterocycles. The van der Waals surface area contributed by atoms with Gasteiger partial charge in [0.15, 0.2) is 11.5 Å². The number of esters is 1. The zero-order valence-corrected chi connectivity index (χ0v) is 12.8. The molecular formula is C19H18O4. The zero-order chi connectivity index (χ0) is 16.5. The van der Waals surface area contributed by atoms with Crippen LogP contribution >= 0.6 is 0 Å². The summed E-state index contributed by atoms with van der Waals surface area (Å²) < 4.78 is 10.0.